The van der Waals surface area contributed by atoms with Crippen LogP contribution in [0.25, 0.3) is 5.65 Å². The highest BCUT2D eigenvalue weighted by atomic mass is 35.5. The SMILES string of the molecule is OCCCCc1cc(Oc2ccc(Cl)cc2)n2nccc2n1. The van der Waals surface area contributed by atoms with Gasteiger partial charge in [-0.25, -0.2) is 4.98 Å². The Hall–Kier alpha value is -2.11. The monoisotopic (exact) mass is 317 g/mol. The Bertz CT molecular complexity index is 756. The van der Waals surface area contributed by atoms with E-state index in [0.29, 0.717) is 16.7 Å². The summed E-state index contributed by atoms with van der Waals surface area (Å²) in [6.07, 6.45) is 4.13. The summed E-state index contributed by atoms with van der Waals surface area (Å²) in [5, 5.41) is 13.8. The first-order chi connectivity index (χ1) is 10.8. The molecule has 0 radical (unpaired) electrons. The summed E-state index contributed by atoms with van der Waals surface area (Å²) >= 11 is 5.88. The molecule has 3 aromatic rings. The van der Waals surface area contributed by atoms with Gasteiger partial charge < -0.3 is 9.84 Å². The van der Waals surface area contributed by atoms with E-state index in [9.17, 15) is 0 Å². The van der Waals surface area contributed by atoms with E-state index in [4.69, 9.17) is 21.4 Å². The molecule has 0 aliphatic heterocycles. The number of rotatable bonds is 6. The topological polar surface area (TPSA) is 59.7 Å². The van der Waals surface area contributed by atoms with Crippen molar-refractivity contribution >= 4 is 17.2 Å². The maximum Gasteiger partial charge on any atom is 0.224 e. The van der Waals surface area contributed by atoms with Gasteiger partial charge in [0.2, 0.25) is 5.88 Å². The fourth-order valence-electron chi connectivity index (χ4n) is 2.18. The van der Waals surface area contributed by atoms with Gasteiger partial charge in [0.15, 0.2) is 5.65 Å². The van der Waals surface area contributed by atoms with Crippen LogP contribution >= 0.6 is 11.6 Å². The summed E-state index contributed by atoms with van der Waals surface area (Å²) in [5.41, 5.74) is 1.66. The third-order valence-corrected chi connectivity index (χ3v) is 3.51. The van der Waals surface area contributed by atoms with Crippen LogP contribution in [0.5, 0.6) is 11.6 Å². The van der Waals surface area contributed by atoms with Crippen molar-refractivity contribution in [3.05, 3.63) is 53.3 Å². The minimum atomic E-state index is 0.197. The molecule has 114 valence electrons. The Kier molecular flexibility index (Phi) is 4.56. The number of fused-ring (bicyclic) bond motifs is 1. The van der Waals surface area contributed by atoms with Gasteiger partial charge in [-0.15, -0.1) is 0 Å². The molecular formula is C16H16ClN3O2. The van der Waals surface area contributed by atoms with E-state index in [1.54, 1.807) is 22.8 Å². The molecule has 2 aromatic heterocycles. The molecule has 3 rings (SSSR count). The molecule has 0 saturated carbocycles. The summed E-state index contributed by atoms with van der Waals surface area (Å²) in [7, 11) is 0. The van der Waals surface area contributed by atoms with E-state index in [-0.39, 0.29) is 6.61 Å². The van der Waals surface area contributed by atoms with E-state index < -0.39 is 0 Å². The molecule has 0 aliphatic carbocycles. The Morgan fingerprint density at radius 2 is 1.95 bits per heavy atom. The normalized spacial score (nSPS) is 11.0. The van der Waals surface area contributed by atoms with Gasteiger partial charge in [0, 0.05) is 29.5 Å². The van der Waals surface area contributed by atoms with E-state index in [1.807, 2.05) is 24.3 Å². The Balaban J connectivity index is 1.89. The van der Waals surface area contributed by atoms with E-state index in [1.165, 1.54) is 0 Å². The Morgan fingerprint density at radius 3 is 2.73 bits per heavy atom. The second-order valence-electron chi connectivity index (χ2n) is 4.92. The molecule has 6 heteroatoms. The summed E-state index contributed by atoms with van der Waals surface area (Å²) in [6, 6.07) is 10.9. The highest BCUT2D eigenvalue weighted by molar-refractivity contribution is 6.30. The quantitative estimate of drug-likeness (QED) is 0.707. The van der Waals surface area contributed by atoms with E-state index in [2.05, 4.69) is 10.1 Å². The fourth-order valence-corrected chi connectivity index (χ4v) is 2.30. The first-order valence-electron chi connectivity index (χ1n) is 7.14. The van der Waals surface area contributed by atoms with Crippen molar-refractivity contribution in [2.75, 3.05) is 6.61 Å². The number of aliphatic hydroxyl groups is 1. The number of unbranched alkanes of at least 4 members (excludes halogenated alkanes) is 1. The molecule has 1 aromatic carbocycles. The minimum Gasteiger partial charge on any atom is -0.439 e. The zero-order chi connectivity index (χ0) is 15.4. The standard InChI is InChI=1S/C16H16ClN3O2/c17-12-4-6-14(7-5-12)22-16-11-13(3-1-2-10-21)19-15-8-9-18-20(15)16/h4-9,11,21H,1-3,10H2. The van der Waals surface area contributed by atoms with Crippen LogP contribution in [-0.2, 0) is 6.42 Å². The lowest BCUT2D eigenvalue weighted by atomic mass is 10.2. The molecule has 2 heterocycles. The van der Waals surface area contributed by atoms with Gasteiger partial charge in [0.05, 0.1) is 6.20 Å². The number of halogens is 1. The third-order valence-electron chi connectivity index (χ3n) is 3.26. The summed E-state index contributed by atoms with van der Waals surface area (Å²) in [4.78, 5) is 4.54. The van der Waals surface area contributed by atoms with Gasteiger partial charge in [-0.1, -0.05) is 11.6 Å². The van der Waals surface area contributed by atoms with Crippen molar-refractivity contribution in [3.8, 4) is 11.6 Å². The maximum atomic E-state index is 8.88. The number of aryl methyl sites for hydroxylation is 1. The number of benzene rings is 1. The van der Waals surface area contributed by atoms with Crippen molar-refractivity contribution in [3.63, 3.8) is 0 Å². The number of hydrogen-bond donors (Lipinski definition) is 1. The predicted molar refractivity (Wildman–Crippen MR) is 84.5 cm³/mol. The molecule has 1 N–H and O–H groups in total. The third kappa shape index (κ3) is 3.37. The molecule has 0 bridgehead atoms. The average molecular weight is 318 g/mol. The second-order valence-corrected chi connectivity index (χ2v) is 5.36. The number of ether oxygens (including phenoxy) is 1. The van der Waals surface area contributed by atoms with Gasteiger partial charge in [-0.05, 0) is 43.5 Å². The lowest BCUT2D eigenvalue weighted by Gasteiger charge is -2.09. The zero-order valence-electron chi connectivity index (χ0n) is 11.9. The Labute approximate surface area is 133 Å². The molecule has 0 atom stereocenters. The van der Waals surface area contributed by atoms with Crippen molar-refractivity contribution in [1.82, 2.24) is 14.6 Å². The number of aromatic nitrogens is 3. The molecule has 0 amide bonds. The lowest BCUT2D eigenvalue weighted by Crippen LogP contribution is -2.01. The predicted octanol–water partition coefficient (Wildman–Crippen LogP) is 3.49. The number of aliphatic hydroxyl groups excluding tert-OH is 1. The largest absolute Gasteiger partial charge is 0.439 e. The summed E-state index contributed by atoms with van der Waals surface area (Å²) in [6.45, 7) is 0.197. The number of nitrogens with zero attached hydrogens (tertiary/aromatic N) is 3. The van der Waals surface area contributed by atoms with Gasteiger partial charge >= 0.3 is 0 Å². The summed E-state index contributed by atoms with van der Waals surface area (Å²) in [5.74, 6) is 1.30. The highest BCUT2D eigenvalue weighted by Gasteiger charge is 2.08. The van der Waals surface area contributed by atoms with Crippen molar-refractivity contribution in [2.45, 2.75) is 19.3 Å². The van der Waals surface area contributed by atoms with Crippen LogP contribution in [0.3, 0.4) is 0 Å². The zero-order valence-corrected chi connectivity index (χ0v) is 12.7. The smallest absolute Gasteiger partial charge is 0.224 e. The van der Waals surface area contributed by atoms with E-state index in [0.717, 1.165) is 30.6 Å². The minimum absolute atomic E-state index is 0.197. The first kappa shape index (κ1) is 14.8. The van der Waals surface area contributed by atoms with Crippen LogP contribution in [0.2, 0.25) is 5.02 Å². The molecule has 22 heavy (non-hydrogen) atoms. The molecule has 0 saturated heterocycles. The Morgan fingerprint density at radius 1 is 1.14 bits per heavy atom. The molecule has 0 unspecified atom stereocenters. The highest BCUT2D eigenvalue weighted by Crippen LogP contribution is 2.24. The fraction of sp³-hybridized carbons (Fsp3) is 0.250. The van der Waals surface area contributed by atoms with Crippen LogP contribution in [0.15, 0.2) is 42.6 Å². The molecular weight excluding hydrogens is 302 g/mol. The molecule has 0 spiro atoms. The lowest BCUT2D eigenvalue weighted by molar-refractivity contribution is 0.284. The van der Waals surface area contributed by atoms with Crippen LogP contribution in [0.4, 0.5) is 0 Å². The van der Waals surface area contributed by atoms with Crippen LogP contribution in [0, 0.1) is 0 Å². The molecule has 5 nitrogen and oxygen atoms in total. The van der Waals surface area contributed by atoms with Crippen LogP contribution < -0.4 is 4.74 Å². The molecule has 0 fully saturated rings. The van der Waals surface area contributed by atoms with Crippen molar-refractivity contribution < 1.29 is 9.84 Å². The van der Waals surface area contributed by atoms with Crippen LogP contribution in [-0.4, -0.2) is 26.3 Å². The summed E-state index contributed by atoms with van der Waals surface area (Å²) < 4.78 is 7.56. The second kappa shape index (κ2) is 6.77. The van der Waals surface area contributed by atoms with Crippen LogP contribution in [0.1, 0.15) is 18.5 Å². The number of hydrogen-bond acceptors (Lipinski definition) is 4. The van der Waals surface area contributed by atoms with Gasteiger partial charge in [0.1, 0.15) is 5.75 Å². The van der Waals surface area contributed by atoms with Gasteiger partial charge in [-0.2, -0.15) is 9.61 Å². The molecule has 0 aliphatic rings. The van der Waals surface area contributed by atoms with Crippen molar-refractivity contribution in [1.29, 1.82) is 0 Å². The van der Waals surface area contributed by atoms with Crippen molar-refractivity contribution in [2.24, 2.45) is 0 Å². The first-order valence-corrected chi connectivity index (χ1v) is 7.52. The van der Waals surface area contributed by atoms with E-state index >= 15 is 0 Å². The van der Waals surface area contributed by atoms with Gasteiger partial charge in [0.25, 0.3) is 0 Å². The van der Waals surface area contributed by atoms with Gasteiger partial charge in [-0.3, -0.25) is 0 Å². The maximum absolute atomic E-state index is 8.88. The average Bonchev–Trinajstić information content (AvgIpc) is 2.98.